The highest BCUT2D eigenvalue weighted by Crippen LogP contribution is 2.17. The summed E-state index contributed by atoms with van der Waals surface area (Å²) in [5.74, 6) is 1.07. The van der Waals surface area contributed by atoms with Crippen molar-refractivity contribution < 1.29 is 8.42 Å². The summed E-state index contributed by atoms with van der Waals surface area (Å²) >= 11 is 0. The zero-order chi connectivity index (χ0) is 13.3. The number of aromatic amines is 2. The molecule has 0 spiro atoms. The highest BCUT2D eigenvalue weighted by atomic mass is 32.2. The van der Waals surface area contributed by atoms with Crippen molar-refractivity contribution in [2.75, 3.05) is 4.72 Å². The van der Waals surface area contributed by atoms with Gasteiger partial charge in [0, 0.05) is 11.8 Å². The Morgan fingerprint density at radius 3 is 2.61 bits per heavy atom. The number of anilines is 1. The smallest absolute Gasteiger partial charge is 0.280 e. The number of nitrogens with one attached hydrogen (secondary N) is 3. The van der Waals surface area contributed by atoms with Crippen LogP contribution in [0, 0.1) is 6.92 Å². The van der Waals surface area contributed by atoms with Crippen molar-refractivity contribution in [2.24, 2.45) is 0 Å². The van der Waals surface area contributed by atoms with Gasteiger partial charge in [-0.25, -0.2) is 4.98 Å². The maximum atomic E-state index is 12.0. The quantitative estimate of drug-likeness (QED) is 0.779. The largest absolute Gasteiger partial charge is 0.332 e. The molecule has 2 rings (SSSR count). The minimum Gasteiger partial charge on any atom is -0.332 e. The average Bonchev–Trinajstić information content (AvgIpc) is 2.86. The lowest BCUT2D eigenvalue weighted by molar-refractivity contribution is 0.598. The number of hydrogen-bond donors (Lipinski definition) is 3. The maximum Gasteiger partial charge on any atom is 0.280 e. The van der Waals surface area contributed by atoms with Gasteiger partial charge >= 0.3 is 0 Å². The Balaban J connectivity index is 2.22. The first-order valence-corrected chi connectivity index (χ1v) is 6.96. The lowest BCUT2D eigenvalue weighted by Gasteiger charge is -2.01. The van der Waals surface area contributed by atoms with Crippen molar-refractivity contribution in [1.82, 2.24) is 20.2 Å². The molecule has 0 aliphatic heterocycles. The van der Waals surface area contributed by atoms with Gasteiger partial charge in [0.25, 0.3) is 10.0 Å². The number of hydrogen-bond acceptors (Lipinski definition) is 4. The normalized spacial score (nSPS) is 12.0. The minimum absolute atomic E-state index is 0.0223. The second-order valence-corrected chi connectivity index (χ2v) is 5.95. The number of imidazole rings is 1. The SMILES string of the molecule is Cc1ncc(S(=O)(=O)Nc2cc(C(C)C)[nH]n2)[nH]1. The molecular formula is C10H15N5O2S. The van der Waals surface area contributed by atoms with Crippen molar-refractivity contribution in [3.63, 3.8) is 0 Å². The number of H-pyrrole nitrogens is 2. The van der Waals surface area contributed by atoms with Crippen LogP contribution in [0.5, 0.6) is 0 Å². The van der Waals surface area contributed by atoms with Crippen molar-refractivity contribution in [2.45, 2.75) is 31.7 Å². The molecule has 0 radical (unpaired) electrons. The molecule has 98 valence electrons. The molecular weight excluding hydrogens is 254 g/mol. The number of aryl methyl sites for hydroxylation is 1. The van der Waals surface area contributed by atoms with Crippen LogP contribution in [0.25, 0.3) is 0 Å². The van der Waals surface area contributed by atoms with E-state index in [1.165, 1.54) is 6.20 Å². The Morgan fingerprint density at radius 2 is 2.11 bits per heavy atom. The van der Waals surface area contributed by atoms with Crippen LogP contribution in [-0.2, 0) is 10.0 Å². The van der Waals surface area contributed by atoms with E-state index >= 15 is 0 Å². The zero-order valence-electron chi connectivity index (χ0n) is 10.4. The van der Waals surface area contributed by atoms with Crippen LogP contribution in [0.4, 0.5) is 5.82 Å². The Morgan fingerprint density at radius 1 is 1.39 bits per heavy atom. The summed E-state index contributed by atoms with van der Waals surface area (Å²) in [5, 5.41) is 6.71. The van der Waals surface area contributed by atoms with E-state index in [-0.39, 0.29) is 16.8 Å². The third kappa shape index (κ3) is 2.53. The van der Waals surface area contributed by atoms with Gasteiger partial charge in [0.05, 0.1) is 6.20 Å². The molecule has 0 atom stereocenters. The van der Waals surface area contributed by atoms with Crippen LogP contribution in [0.2, 0.25) is 0 Å². The number of nitrogens with zero attached hydrogens (tertiary/aromatic N) is 2. The third-order valence-electron chi connectivity index (χ3n) is 2.43. The van der Waals surface area contributed by atoms with Gasteiger partial charge in [0.2, 0.25) is 0 Å². The van der Waals surface area contributed by atoms with E-state index in [0.717, 1.165) is 5.69 Å². The molecule has 0 fully saturated rings. The van der Waals surface area contributed by atoms with E-state index in [1.54, 1.807) is 13.0 Å². The lowest BCUT2D eigenvalue weighted by Crippen LogP contribution is -2.13. The van der Waals surface area contributed by atoms with Crippen LogP contribution >= 0.6 is 0 Å². The summed E-state index contributed by atoms with van der Waals surface area (Å²) in [6, 6.07) is 1.67. The first-order valence-electron chi connectivity index (χ1n) is 5.48. The van der Waals surface area contributed by atoms with Crippen LogP contribution in [-0.4, -0.2) is 28.6 Å². The molecule has 0 aliphatic rings. The molecule has 2 heterocycles. The summed E-state index contributed by atoms with van der Waals surface area (Å²) in [6.07, 6.45) is 1.27. The van der Waals surface area contributed by atoms with Gasteiger partial charge in [-0.15, -0.1) is 0 Å². The molecule has 0 bridgehead atoms. The van der Waals surface area contributed by atoms with Gasteiger partial charge < -0.3 is 4.98 Å². The molecule has 2 aromatic rings. The van der Waals surface area contributed by atoms with Crippen LogP contribution in [0.3, 0.4) is 0 Å². The second kappa shape index (κ2) is 4.45. The fraction of sp³-hybridized carbons (Fsp3) is 0.400. The van der Waals surface area contributed by atoms with E-state index in [0.29, 0.717) is 5.82 Å². The van der Waals surface area contributed by atoms with Gasteiger partial charge in [-0.05, 0) is 12.8 Å². The van der Waals surface area contributed by atoms with Crippen molar-refractivity contribution >= 4 is 15.8 Å². The second-order valence-electron chi connectivity index (χ2n) is 4.30. The van der Waals surface area contributed by atoms with E-state index in [4.69, 9.17) is 0 Å². The van der Waals surface area contributed by atoms with Gasteiger partial charge in [-0.2, -0.15) is 13.5 Å². The topological polar surface area (TPSA) is 104 Å². The molecule has 2 aromatic heterocycles. The average molecular weight is 269 g/mol. The third-order valence-corrected chi connectivity index (χ3v) is 3.69. The summed E-state index contributed by atoms with van der Waals surface area (Å²) in [6.45, 7) is 5.67. The minimum atomic E-state index is -3.66. The first-order chi connectivity index (χ1) is 8.38. The van der Waals surface area contributed by atoms with Crippen LogP contribution in [0.15, 0.2) is 17.3 Å². The predicted octanol–water partition coefficient (Wildman–Crippen LogP) is 1.37. The standard InChI is InChI=1S/C10H15N5O2S/c1-6(2)8-4-9(14-13-8)15-18(16,17)10-5-11-7(3)12-10/h4-6H,1-3H3,(H,11,12)(H2,13,14,15). The van der Waals surface area contributed by atoms with Gasteiger partial charge in [0.15, 0.2) is 10.8 Å². The van der Waals surface area contributed by atoms with Crippen molar-refractivity contribution in [1.29, 1.82) is 0 Å². The van der Waals surface area contributed by atoms with Gasteiger partial charge in [-0.3, -0.25) is 9.82 Å². The van der Waals surface area contributed by atoms with Gasteiger partial charge in [0.1, 0.15) is 5.82 Å². The molecule has 0 aliphatic carbocycles. The van der Waals surface area contributed by atoms with E-state index in [9.17, 15) is 8.42 Å². The summed E-state index contributed by atoms with van der Waals surface area (Å²) < 4.78 is 26.3. The molecule has 8 heteroatoms. The Hall–Kier alpha value is -1.83. The zero-order valence-corrected chi connectivity index (χ0v) is 11.2. The van der Waals surface area contributed by atoms with E-state index < -0.39 is 10.0 Å². The molecule has 0 amide bonds. The molecule has 18 heavy (non-hydrogen) atoms. The van der Waals surface area contributed by atoms with Gasteiger partial charge in [-0.1, -0.05) is 13.8 Å². The first kappa shape index (κ1) is 12.6. The molecule has 3 N–H and O–H groups in total. The van der Waals surface area contributed by atoms with Crippen molar-refractivity contribution in [3.8, 4) is 0 Å². The number of sulfonamides is 1. The molecule has 0 unspecified atom stereocenters. The molecule has 0 saturated carbocycles. The maximum absolute atomic E-state index is 12.0. The Bertz CT molecular complexity index is 641. The summed E-state index contributed by atoms with van der Waals surface area (Å²) in [7, 11) is -3.66. The number of rotatable bonds is 4. The molecule has 0 aromatic carbocycles. The van der Waals surface area contributed by atoms with Crippen molar-refractivity contribution in [3.05, 3.63) is 23.8 Å². The Labute approximate surface area is 105 Å². The lowest BCUT2D eigenvalue weighted by atomic mass is 10.1. The number of aromatic nitrogens is 4. The Kier molecular flexibility index (Phi) is 3.12. The molecule has 7 nitrogen and oxygen atoms in total. The van der Waals surface area contributed by atoms with E-state index in [2.05, 4.69) is 24.9 Å². The van der Waals surface area contributed by atoms with Crippen LogP contribution < -0.4 is 4.72 Å². The fourth-order valence-electron chi connectivity index (χ4n) is 1.41. The summed E-state index contributed by atoms with van der Waals surface area (Å²) in [5.41, 5.74) is 0.869. The van der Waals surface area contributed by atoms with E-state index in [1.807, 2.05) is 13.8 Å². The highest BCUT2D eigenvalue weighted by molar-refractivity contribution is 7.92. The molecule has 0 saturated heterocycles. The summed E-state index contributed by atoms with van der Waals surface area (Å²) in [4.78, 5) is 6.52. The highest BCUT2D eigenvalue weighted by Gasteiger charge is 2.18. The predicted molar refractivity (Wildman–Crippen MR) is 66.8 cm³/mol. The fourth-order valence-corrected chi connectivity index (χ4v) is 2.38. The monoisotopic (exact) mass is 269 g/mol. The van der Waals surface area contributed by atoms with Crippen LogP contribution in [0.1, 0.15) is 31.3 Å².